The molecular weight excluding hydrogens is 434 g/mol. The van der Waals surface area contributed by atoms with Crippen LogP contribution in [0.25, 0.3) is 27.6 Å². The Morgan fingerprint density at radius 1 is 1.10 bits per heavy atom. The van der Waals surface area contributed by atoms with Gasteiger partial charge < -0.3 is 9.64 Å². The quantitative estimate of drug-likeness (QED) is 0.459. The highest BCUT2D eigenvalue weighted by molar-refractivity contribution is 7.13. The summed E-state index contributed by atoms with van der Waals surface area (Å²) in [5.41, 5.74) is 2.37. The molecule has 0 radical (unpaired) electrons. The van der Waals surface area contributed by atoms with Crippen LogP contribution in [0.4, 0.5) is 5.95 Å². The third-order valence-corrected chi connectivity index (χ3v) is 6.34. The average Bonchev–Trinajstić information content (AvgIpc) is 3.47. The van der Waals surface area contributed by atoms with Gasteiger partial charge in [0.25, 0.3) is 0 Å². The smallest absolute Gasteiger partial charge is 0.226 e. The van der Waals surface area contributed by atoms with Crippen molar-refractivity contribution < 1.29 is 4.74 Å². The predicted molar refractivity (Wildman–Crippen MR) is 121 cm³/mol. The molecule has 1 fully saturated rings. The maximum Gasteiger partial charge on any atom is 0.226 e. The number of nitrogens with zero attached hydrogens (tertiary/aromatic N) is 7. The van der Waals surface area contributed by atoms with Gasteiger partial charge in [-0.05, 0) is 60.0 Å². The lowest BCUT2D eigenvalue weighted by Crippen LogP contribution is -2.50. The van der Waals surface area contributed by atoms with Gasteiger partial charge in [-0.1, -0.05) is 17.7 Å². The first-order valence-electron chi connectivity index (χ1n) is 9.93. The van der Waals surface area contributed by atoms with Gasteiger partial charge in [0.05, 0.1) is 47.1 Å². The number of anilines is 1. The Kier molecular flexibility index (Phi) is 5.39. The molecule has 0 unspecified atom stereocenters. The largest absolute Gasteiger partial charge is 0.377 e. The lowest BCUT2D eigenvalue weighted by Gasteiger charge is -2.38. The summed E-state index contributed by atoms with van der Waals surface area (Å²) in [4.78, 5) is 12.9. The molecule has 0 bridgehead atoms. The number of ether oxygens (including phenoxy) is 1. The van der Waals surface area contributed by atoms with E-state index in [0.717, 1.165) is 21.8 Å². The fourth-order valence-electron chi connectivity index (χ4n) is 3.77. The molecule has 10 heteroatoms. The van der Waals surface area contributed by atoms with Crippen LogP contribution in [0.1, 0.15) is 13.8 Å². The van der Waals surface area contributed by atoms with Gasteiger partial charge in [-0.2, -0.15) is 4.68 Å². The molecule has 0 saturated carbocycles. The molecule has 31 heavy (non-hydrogen) atoms. The number of morpholine rings is 1. The zero-order chi connectivity index (χ0) is 21.4. The summed E-state index contributed by atoms with van der Waals surface area (Å²) in [5, 5.41) is 15.1. The zero-order valence-corrected chi connectivity index (χ0v) is 18.6. The minimum atomic E-state index is 0.185. The lowest BCUT2D eigenvalue weighted by atomic mass is 10.1. The molecule has 4 heterocycles. The van der Waals surface area contributed by atoms with E-state index in [0.29, 0.717) is 30.0 Å². The van der Waals surface area contributed by atoms with Crippen LogP contribution in [0.15, 0.2) is 48.0 Å². The third-order valence-electron chi connectivity index (χ3n) is 5.21. The zero-order valence-electron chi connectivity index (χ0n) is 17.0. The van der Waals surface area contributed by atoms with Crippen molar-refractivity contribution in [1.82, 2.24) is 30.2 Å². The normalized spacial score (nSPS) is 19.0. The predicted octanol–water partition coefficient (Wildman–Crippen LogP) is 4.11. The Hall–Kier alpha value is -2.88. The second-order valence-electron chi connectivity index (χ2n) is 7.44. The van der Waals surface area contributed by atoms with E-state index in [1.165, 1.54) is 0 Å². The summed E-state index contributed by atoms with van der Waals surface area (Å²) < 4.78 is 7.34. The van der Waals surface area contributed by atoms with Gasteiger partial charge >= 0.3 is 0 Å². The molecule has 0 aliphatic carbocycles. The molecule has 1 aromatic carbocycles. The van der Waals surface area contributed by atoms with Crippen molar-refractivity contribution in [2.45, 2.75) is 25.9 Å². The summed E-state index contributed by atoms with van der Waals surface area (Å²) in [6, 6.07) is 11.8. The van der Waals surface area contributed by atoms with Crippen molar-refractivity contribution in [3.8, 4) is 27.6 Å². The highest BCUT2D eigenvalue weighted by Gasteiger charge is 2.29. The van der Waals surface area contributed by atoms with Crippen molar-refractivity contribution in [1.29, 1.82) is 0 Å². The number of hydrogen-bond acceptors (Lipinski definition) is 8. The summed E-state index contributed by atoms with van der Waals surface area (Å²) in [6.45, 7) is 5.55. The van der Waals surface area contributed by atoms with E-state index in [9.17, 15) is 0 Å². The first-order valence-corrected chi connectivity index (χ1v) is 11.2. The van der Waals surface area contributed by atoms with Gasteiger partial charge in [-0.15, -0.1) is 16.4 Å². The molecule has 1 aliphatic heterocycles. The van der Waals surface area contributed by atoms with Crippen LogP contribution in [0.5, 0.6) is 0 Å². The number of halogens is 1. The fourth-order valence-corrected chi connectivity index (χ4v) is 4.63. The average molecular weight is 454 g/mol. The Morgan fingerprint density at radius 2 is 1.87 bits per heavy atom. The highest BCUT2D eigenvalue weighted by atomic mass is 35.5. The van der Waals surface area contributed by atoms with Gasteiger partial charge in [0.15, 0.2) is 5.82 Å². The summed E-state index contributed by atoms with van der Waals surface area (Å²) in [7, 11) is 0. The number of benzene rings is 1. The van der Waals surface area contributed by atoms with Gasteiger partial charge in [-0.3, -0.25) is 0 Å². The van der Waals surface area contributed by atoms with Crippen LogP contribution in [-0.4, -0.2) is 55.5 Å². The van der Waals surface area contributed by atoms with Crippen LogP contribution < -0.4 is 4.90 Å². The van der Waals surface area contributed by atoms with E-state index in [1.54, 1.807) is 16.0 Å². The fraction of sp³-hybridized carbons (Fsp3) is 0.286. The van der Waals surface area contributed by atoms with Crippen molar-refractivity contribution in [3.05, 3.63) is 53.0 Å². The first-order chi connectivity index (χ1) is 15.1. The van der Waals surface area contributed by atoms with E-state index in [4.69, 9.17) is 26.3 Å². The Labute approximate surface area is 188 Å². The van der Waals surface area contributed by atoms with E-state index in [-0.39, 0.29) is 12.1 Å². The molecule has 1 saturated heterocycles. The molecule has 0 spiro atoms. The van der Waals surface area contributed by atoms with Gasteiger partial charge in [0.2, 0.25) is 5.95 Å². The van der Waals surface area contributed by atoms with Crippen molar-refractivity contribution in [3.63, 3.8) is 0 Å². The lowest BCUT2D eigenvalue weighted by molar-refractivity contribution is 0.0747. The minimum absolute atomic E-state index is 0.185. The number of tetrazole rings is 1. The molecule has 4 aromatic rings. The number of hydrogen-bond donors (Lipinski definition) is 0. The van der Waals surface area contributed by atoms with Gasteiger partial charge in [-0.25, -0.2) is 9.97 Å². The molecule has 0 amide bonds. The molecular formula is C21H20ClN7OS. The summed E-state index contributed by atoms with van der Waals surface area (Å²) in [6.07, 6.45) is 1.81. The van der Waals surface area contributed by atoms with Crippen LogP contribution in [0.3, 0.4) is 0 Å². The monoisotopic (exact) mass is 453 g/mol. The SMILES string of the molecule is C[C@H]1COC[C@H](C)N1c1ncc(-c2nnnn2-c2ccc(Cl)cc2)c(-c2cccs2)n1. The van der Waals surface area contributed by atoms with E-state index in [1.807, 2.05) is 48.0 Å². The molecule has 0 N–H and O–H groups in total. The first kappa shape index (κ1) is 20.0. The second kappa shape index (κ2) is 8.33. The molecule has 5 rings (SSSR count). The number of thiophene rings is 1. The third kappa shape index (κ3) is 3.80. The van der Waals surface area contributed by atoms with Crippen molar-refractivity contribution in [2.75, 3.05) is 18.1 Å². The minimum Gasteiger partial charge on any atom is -0.377 e. The van der Waals surface area contributed by atoms with E-state index >= 15 is 0 Å². The Bertz CT molecular complexity index is 1170. The topological polar surface area (TPSA) is 81.9 Å². The maximum atomic E-state index is 6.04. The van der Waals surface area contributed by atoms with Crippen LogP contribution in [-0.2, 0) is 4.74 Å². The van der Waals surface area contributed by atoms with Crippen LogP contribution in [0.2, 0.25) is 5.02 Å². The second-order valence-corrected chi connectivity index (χ2v) is 8.83. The molecule has 3 aromatic heterocycles. The highest BCUT2D eigenvalue weighted by Crippen LogP contribution is 2.34. The molecule has 2 atom stereocenters. The van der Waals surface area contributed by atoms with Crippen molar-refractivity contribution in [2.24, 2.45) is 0 Å². The van der Waals surface area contributed by atoms with Crippen LogP contribution in [0, 0.1) is 0 Å². The molecule has 1 aliphatic rings. The van der Waals surface area contributed by atoms with E-state index in [2.05, 4.69) is 34.3 Å². The Morgan fingerprint density at radius 3 is 2.58 bits per heavy atom. The molecule has 8 nitrogen and oxygen atoms in total. The number of rotatable bonds is 4. The van der Waals surface area contributed by atoms with E-state index < -0.39 is 0 Å². The van der Waals surface area contributed by atoms with Gasteiger partial charge in [0.1, 0.15) is 0 Å². The van der Waals surface area contributed by atoms with Gasteiger partial charge in [0, 0.05) is 11.2 Å². The number of aromatic nitrogens is 6. The van der Waals surface area contributed by atoms with Crippen LogP contribution >= 0.6 is 22.9 Å². The Balaban J connectivity index is 1.64. The summed E-state index contributed by atoms with van der Waals surface area (Å²) in [5.74, 6) is 1.25. The standard InChI is InChI=1S/C21H20ClN7OS/c1-13-11-30-12-14(2)28(13)21-23-10-17(19(24-21)18-4-3-9-31-18)20-25-26-27-29(20)16-7-5-15(22)6-8-16/h3-10,13-14H,11-12H2,1-2H3/t13-,14-/m0/s1. The maximum absolute atomic E-state index is 6.04. The molecule has 158 valence electrons. The van der Waals surface area contributed by atoms with Crippen molar-refractivity contribution >= 4 is 28.9 Å². The summed E-state index contributed by atoms with van der Waals surface area (Å²) >= 11 is 7.66.